The molecule has 0 atom stereocenters. The van der Waals surface area contributed by atoms with Gasteiger partial charge in [-0.25, -0.2) is 10.8 Å². The highest BCUT2D eigenvalue weighted by Gasteiger charge is 2.20. The Morgan fingerprint density at radius 1 is 1.31 bits per heavy atom. The molecule has 0 heterocycles. The first-order valence-electron chi connectivity index (χ1n) is 5.99. The predicted molar refractivity (Wildman–Crippen MR) is 72.6 cm³/mol. The van der Waals surface area contributed by atoms with Gasteiger partial charge >= 0.3 is 0 Å². The molecule has 0 radical (unpaired) electrons. The standard InChI is InChI=1S/C11H24N4S/c1-8(2)13-11(15-12)14-9-4-6-10(16-3)7-5-9/h8-10H,4-7,12H2,1-3H3,(H2,13,14,15). The van der Waals surface area contributed by atoms with E-state index in [1.54, 1.807) is 0 Å². The van der Waals surface area contributed by atoms with Crippen LogP contribution in [0.2, 0.25) is 0 Å². The van der Waals surface area contributed by atoms with Gasteiger partial charge in [-0.15, -0.1) is 0 Å². The van der Waals surface area contributed by atoms with Crippen molar-refractivity contribution in [1.82, 2.24) is 10.7 Å². The second-order valence-corrected chi connectivity index (χ2v) is 5.73. The Balaban J connectivity index is 2.42. The Morgan fingerprint density at radius 3 is 2.38 bits per heavy atom. The molecular weight excluding hydrogens is 220 g/mol. The number of hydrazine groups is 1. The number of aliphatic imine (C=N–C) groups is 1. The van der Waals surface area contributed by atoms with Crippen LogP contribution in [0.1, 0.15) is 39.5 Å². The van der Waals surface area contributed by atoms with Crippen molar-refractivity contribution in [2.24, 2.45) is 10.8 Å². The molecule has 1 aliphatic rings. The number of thioether (sulfide) groups is 1. The third-order valence-electron chi connectivity index (χ3n) is 2.85. The van der Waals surface area contributed by atoms with Crippen LogP contribution in [-0.4, -0.2) is 29.5 Å². The van der Waals surface area contributed by atoms with Crippen molar-refractivity contribution in [1.29, 1.82) is 0 Å². The van der Waals surface area contributed by atoms with E-state index in [1.165, 1.54) is 25.7 Å². The first kappa shape index (κ1) is 13.6. The Morgan fingerprint density at radius 2 is 1.94 bits per heavy atom. The number of nitrogens with one attached hydrogen (secondary N) is 2. The van der Waals surface area contributed by atoms with Gasteiger partial charge < -0.3 is 5.32 Å². The molecule has 1 fully saturated rings. The summed E-state index contributed by atoms with van der Waals surface area (Å²) < 4.78 is 0. The van der Waals surface area contributed by atoms with E-state index in [1.807, 2.05) is 11.8 Å². The van der Waals surface area contributed by atoms with Crippen LogP contribution in [0.4, 0.5) is 0 Å². The van der Waals surface area contributed by atoms with Crippen molar-refractivity contribution in [3.63, 3.8) is 0 Å². The van der Waals surface area contributed by atoms with Gasteiger partial charge in [-0.05, 0) is 45.8 Å². The Labute approximate surface area is 103 Å². The lowest BCUT2D eigenvalue weighted by molar-refractivity contribution is 0.450. The lowest BCUT2D eigenvalue weighted by Crippen LogP contribution is -2.45. The van der Waals surface area contributed by atoms with Gasteiger partial charge in [0.15, 0.2) is 0 Å². The van der Waals surface area contributed by atoms with Gasteiger partial charge in [0.05, 0.1) is 6.04 Å². The third-order valence-corrected chi connectivity index (χ3v) is 3.99. The molecule has 1 saturated carbocycles. The quantitative estimate of drug-likeness (QED) is 0.304. The molecule has 5 heteroatoms. The number of guanidine groups is 1. The van der Waals surface area contributed by atoms with Crippen molar-refractivity contribution in [3.05, 3.63) is 0 Å². The summed E-state index contributed by atoms with van der Waals surface area (Å²) >= 11 is 1.98. The average molecular weight is 244 g/mol. The van der Waals surface area contributed by atoms with E-state index in [9.17, 15) is 0 Å². The molecule has 0 aromatic heterocycles. The lowest BCUT2D eigenvalue weighted by Gasteiger charge is -2.25. The molecule has 4 nitrogen and oxygen atoms in total. The molecule has 0 bridgehead atoms. The van der Waals surface area contributed by atoms with Gasteiger partial charge in [0, 0.05) is 11.3 Å². The van der Waals surface area contributed by atoms with Gasteiger partial charge in [0.2, 0.25) is 5.96 Å². The van der Waals surface area contributed by atoms with E-state index in [4.69, 9.17) is 5.84 Å². The lowest BCUT2D eigenvalue weighted by atomic mass is 9.95. The van der Waals surface area contributed by atoms with E-state index >= 15 is 0 Å². The van der Waals surface area contributed by atoms with E-state index in [-0.39, 0.29) is 0 Å². The Bertz CT molecular complexity index is 222. The van der Waals surface area contributed by atoms with Gasteiger partial charge in [-0.2, -0.15) is 11.8 Å². The van der Waals surface area contributed by atoms with Crippen molar-refractivity contribution in [2.75, 3.05) is 6.26 Å². The molecule has 16 heavy (non-hydrogen) atoms. The minimum absolute atomic E-state index is 0.359. The summed E-state index contributed by atoms with van der Waals surface area (Å²) in [5, 5.41) is 4.04. The summed E-state index contributed by atoms with van der Waals surface area (Å²) in [6.45, 7) is 4.16. The molecule has 94 valence electrons. The average Bonchev–Trinajstić information content (AvgIpc) is 2.28. The molecule has 0 spiro atoms. The Kier molecular flexibility index (Phi) is 5.98. The van der Waals surface area contributed by atoms with E-state index in [0.717, 1.165) is 11.2 Å². The molecule has 0 aromatic rings. The Hall–Kier alpha value is -0.420. The number of hydrogen-bond acceptors (Lipinski definition) is 3. The monoisotopic (exact) mass is 244 g/mol. The summed E-state index contributed by atoms with van der Waals surface area (Å²) in [5.74, 6) is 6.17. The van der Waals surface area contributed by atoms with Crippen molar-refractivity contribution in [2.45, 2.75) is 56.9 Å². The highest BCUT2D eigenvalue weighted by molar-refractivity contribution is 7.99. The second kappa shape index (κ2) is 7.01. The fourth-order valence-electron chi connectivity index (χ4n) is 1.98. The minimum atomic E-state index is 0.359. The maximum absolute atomic E-state index is 5.44. The summed E-state index contributed by atoms with van der Waals surface area (Å²) in [5.41, 5.74) is 2.64. The molecule has 0 saturated heterocycles. The van der Waals surface area contributed by atoms with Crippen molar-refractivity contribution >= 4 is 17.7 Å². The zero-order valence-corrected chi connectivity index (χ0v) is 11.3. The fraction of sp³-hybridized carbons (Fsp3) is 0.909. The van der Waals surface area contributed by atoms with Crippen LogP contribution in [0, 0.1) is 0 Å². The molecule has 4 N–H and O–H groups in total. The van der Waals surface area contributed by atoms with Crippen molar-refractivity contribution in [3.8, 4) is 0 Å². The first-order chi connectivity index (χ1) is 7.65. The summed E-state index contributed by atoms with van der Waals surface area (Å²) in [6, 6.07) is 0.790. The molecular formula is C11H24N4S. The number of rotatable bonds is 3. The predicted octanol–water partition coefficient (Wildman–Crippen LogP) is 1.48. The highest BCUT2D eigenvalue weighted by Crippen LogP contribution is 2.28. The van der Waals surface area contributed by atoms with Crippen LogP contribution in [0.3, 0.4) is 0 Å². The maximum atomic E-state index is 5.44. The topological polar surface area (TPSA) is 62.4 Å². The van der Waals surface area contributed by atoms with Gasteiger partial charge in [-0.1, -0.05) is 0 Å². The highest BCUT2D eigenvalue weighted by atomic mass is 32.2. The fourth-order valence-corrected chi connectivity index (χ4v) is 2.73. The van der Waals surface area contributed by atoms with Crippen molar-refractivity contribution < 1.29 is 0 Å². The number of hydrogen-bond donors (Lipinski definition) is 3. The van der Waals surface area contributed by atoms with Gasteiger partial charge in [0.1, 0.15) is 0 Å². The minimum Gasteiger partial charge on any atom is -0.353 e. The van der Waals surface area contributed by atoms with Crippen LogP contribution in [-0.2, 0) is 0 Å². The normalized spacial score (nSPS) is 26.9. The van der Waals surface area contributed by atoms with E-state index in [2.05, 4.69) is 35.8 Å². The summed E-state index contributed by atoms with van der Waals surface area (Å²) in [7, 11) is 0. The van der Waals surface area contributed by atoms with Crippen LogP contribution >= 0.6 is 11.8 Å². The van der Waals surface area contributed by atoms with Crippen LogP contribution in [0.5, 0.6) is 0 Å². The largest absolute Gasteiger partial charge is 0.353 e. The number of nitrogens with two attached hydrogens (primary N) is 1. The van der Waals surface area contributed by atoms with Gasteiger partial charge in [-0.3, -0.25) is 5.43 Å². The first-order valence-corrected chi connectivity index (χ1v) is 7.28. The summed E-state index contributed by atoms with van der Waals surface area (Å²) in [4.78, 5) is 4.62. The maximum Gasteiger partial charge on any atom is 0.206 e. The molecule has 0 amide bonds. The SMILES string of the molecule is CSC1CCC(N=C(NN)NC(C)C)CC1. The third kappa shape index (κ3) is 4.61. The van der Waals surface area contributed by atoms with E-state index < -0.39 is 0 Å². The molecule has 0 aliphatic heterocycles. The molecule has 1 aliphatic carbocycles. The zero-order chi connectivity index (χ0) is 12.0. The molecule has 0 unspecified atom stereocenters. The molecule has 1 rings (SSSR count). The molecule has 0 aromatic carbocycles. The van der Waals surface area contributed by atoms with E-state index in [0.29, 0.717) is 12.1 Å². The van der Waals surface area contributed by atoms with Crippen LogP contribution in [0.25, 0.3) is 0 Å². The zero-order valence-electron chi connectivity index (χ0n) is 10.5. The summed E-state index contributed by atoms with van der Waals surface area (Å²) in [6.07, 6.45) is 7.10. The number of nitrogens with zero attached hydrogens (tertiary/aromatic N) is 1. The van der Waals surface area contributed by atoms with Crippen LogP contribution < -0.4 is 16.6 Å². The van der Waals surface area contributed by atoms with Crippen LogP contribution in [0.15, 0.2) is 4.99 Å². The van der Waals surface area contributed by atoms with Gasteiger partial charge in [0.25, 0.3) is 0 Å². The smallest absolute Gasteiger partial charge is 0.206 e. The second-order valence-electron chi connectivity index (χ2n) is 4.59.